The van der Waals surface area contributed by atoms with E-state index in [1.54, 1.807) is 6.07 Å². The highest BCUT2D eigenvalue weighted by molar-refractivity contribution is 6.04. The number of benzene rings is 2. The van der Waals surface area contributed by atoms with Crippen molar-refractivity contribution in [1.29, 1.82) is 0 Å². The van der Waals surface area contributed by atoms with E-state index in [0.717, 1.165) is 50.1 Å². The molecule has 1 aliphatic heterocycles. The van der Waals surface area contributed by atoms with Gasteiger partial charge in [0.2, 0.25) is 0 Å². The molecule has 0 bridgehead atoms. The van der Waals surface area contributed by atoms with Crippen molar-refractivity contribution in [2.45, 2.75) is 39.5 Å². The summed E-state index contributed by atoms with van der Waals surface area (Å²) < 4.78 is 5.34. The van der Waals surface area contributed by atoms with Crippen LogP contribution in [0.25, 0.3) is 0 Å². The van der Waals surface area contributed by atoms with Gasteiger partial charge in [-0.25, -0.2) is 4.79 Å². The summed E-state index contributed by atoms with van der Waals surface area (Å²) in [5.41, 5.74) is 4.00. The molecule has 0 radical (unpaired) electrons. The number of nitrogens with zero attached hydrogens (tertiary/aromatic N) is 1. The van der Waals surface area contributed by atoms with E-state index < -0.39 is 0 Å². The third-order valence-corrected chi connectivity index (χ3v) is 5.52. The summed E-state index contributed by atoms with van der Waals surface area (Å²) in [5.74, 6) is -0.136. The van der Waals surface area contributed by atoms with Gasteiger partial charge in [-0.2, -0.15) is 0 Å². The molecule has 1 heterocycles. The van der Waals surface area contributed by atoms with Crippen molar-refractivity contribution in [1.82, 2.24) is 5.32 Å². The highest BCUT2D eigenvalue weighted by Crippen LogP contribution is 2.27. The van der Waals surface area contributed by atoms with Gasteiger partial charge in [0.15, 0.2) is 0 Å². The van der Waals surface area contributed by atoms with Crippen LogP contribution in [0.4, 0.5) is 21.9 Å². The van der Waals surface area contributed by atoms with E-state index in [1.165, 1.54) is 5.56 Å². The van der Waals surface area contributed by atoms with Crippen molar-refractivity contribution in [3.63, 3.8) is 0 Å². The highest BCUT2D eigenvalue weighted by atomic mass is 16.5. The Morgan fingerprint density at radius 1 is 0.969 bits per heavy atom. The van der Waals surface area contributed by atoms with Gasteiger partial charge in [0.1, 0.15) is 0 Å². The molecule has 7 nitrogen and oxygen atoms in total. The summed E-state index contributed by atoms with van der Waals surface area (Å²) in [6.45, 7) is 7.76. The van der Waals surface area contributed by atoms with Crippen molar-refractivity contribution < 1.29 is 14.3 Å². The van der Waals surface area contributed by atoms with E-state index in [-0.39, 0.29) is 11.9 Å². The number of hydrogen-bond acceptors (Lipinski definition) is 4. The van der Waals surface area contributed by atoms with Crippen LogP contribution in [0.15, 0.2) is 42.5 Å². The van der Waals surface area contributed by atoms with Gasteiger partial charge < -0.3 is 25.6 Å². The molecule has 1 saturated heterocycles. The SMILES string of the molecule is CCOCCCNC(=O)c1cc(NC(=O)Nc2ccc(CC)cc2)ccc1N1CCCC1. The zero-order valence-corrected chi connectivity index (χ0v) is 19.1. The quantitative estimate of drug-likeness (QED) is 0.472. The molecule has 1 fully saturated rings. The molecular weight excluding hydrogens is 404 g/mol. The molecule has 3 amide bonds. The molecule has 0 spiro atoms. The lowest BCUT2D eigenvalue weighted by Crippen LogP contribution is -2.29. The normalized spacial score (nSPS) is 13.1. The smallest absolute Gasteiger partial charge is 0.323 e. The molecule has 7 heteroatoms. The topological polar surface area (TPSA) is 82.7 Å². The molecule has 0 aromatic heterocycles. The molecular formula is C25H34N4O3. The van der Waals surface area contributed by atoms with Crippen LogP contribution in [-0.4, -0.2) is 44.8 Å². The lowest BCUT2D eigenvalue weighted by atomic mass is 10.1. The Balaban J connectivity index is 1.68. The maximum Gasteiger partial charge on any atom is 0.323 e. The Morgan fingerprint density at radius 2 is 1.66 bits per heavy atom. The molecule has 172 valence electrons. The molecule has 0 unspecified atom stereocenters. The number of nitrogens with one attached hydrogen (secondary N) is 3. The second-order valence-electron chi connectivity index (χ2n) is 7.86. The van der Waals surface area contributed by atoms with Crippen LogP contribution in [-0.2, 0) is 11.2 Å². The van der Waals surface area contributed by atoms with Gasteiger partial charge >= 0.3 is 6.03 Å². The first-order valence-corrected chi connectivity index (χ1v) is 11.5. The fourth-order valence-corrected chi connectivity index (χ4v) is 3.76. The zero-order valence-electron chi connectivity index (χ0n) is 19.1. The number of carbonyl (C=O) groups excluding carboxylic acids is 2. The maximum atomic E-state index is 12.9. The molecule has 2 aromatic carbocycles. The number of urea groups is 1. The summed E-state index contributed by atoms with van der Waals surface area (Å²) in [6.07, 6.45) is 3.95. The van der Waals surface area contributed by atoms with Crippen LogP contribution < -0.4 is 20.9 Å². The Kier molecular flexibility index (Phi) is 8.92. The van der Waals surface area contributed by atoms with E-state index in [0.29, 0.717) is 31.0 Å². The summed E-state index contributed by atoms with van der Waals surface area (Å²) in [4.78, 5) is 27.7. The first-order chi connectivity index (χ1) is 15.6. The van der Waals surface area contributed by atoms with Crippen LogP contribution in [0.3, 0.4) is 0 Å². The minimum absolute atomic E-state index is 0.136. The standard InChI is InChI=1S/C25H34N4O3/c1-3-19-8-10-20(11-9-19)27-25(31)28-21-12-13-23(29-15-5-6-16-29)22(18-21)24(30)26-14-7-17-32-4-2/h8-13,18H,3-7,14-17H2,1-2H3,(H,26,30)(H2,27,28,31). The molecule has 3 rings (SSSR count). The average molecular weight is 439 g/mol. The fraction of sp³-hybridized carbons (Fsp3) is 0.440. The number of amides is 3. The first kappa shape index (κ1) is 23.6. The van der Waals surface area contributed by atoms with Crippen molar-refractivity contribution in [3.05, 3.63) is 53.6 Å². The van der Waals surface area contributed by atoms with Crippen LogP contribution in [0, 0.1) is 0 Å². The van der Waals surface area contributed by atoms with Gasteiger partial charge in [0, 0.05) is 49.9 Å². The number of ether oxygens (including phenoxy) is 1. The second-order valence-corrected chi connectivity index (χ2v) is 7.86. The second kappa shape index (κ2) is 12.1. The predicted octanol–water partition coefficient (Wildman–Crippen LogP) is 4.65. The molecule has 32 heavy (non-hydrogen) atoms. The van der Waals surface area contributed by atoms with Gasteiger partial charge in [-0.15, -0.1) is 0 Å². The van der Waals surface area contributed by atoms with Gasteiger partial charge in [0.05, 0.1) is 5.56 Å². The number of hydrogen-bond donors (Lipinski definition) is 3. The number of carbonyl (C=O) groups is 2. The summed E-state index contributed by atoms with van der Waals surface area (Å²) in [5, 5.41) is 8.67. The zero-order chi connectivity index (χ0) is 22.8. The molecule has 2 aromatic rings. The Labute approximate surface area is 190 Å². The van der Waals surface area contributed by atoms with E-state index in [9.17, 15) is 9.59 Å². The number of anilines is 3. The van der Waals surface area contributed by atoms with Crippen LogP contribution >= 0.6 is 0 Å². The number of rotatable bonds is 10. The first-order valence-electron chi connectivity index (χ1n) is 11.5. The molecule has 0 atom stereocenters. The van der Waals surface area contributed by atoms with E-state index in [1.807, 2.05) is 43.3 Å². The van der Waals surface area contributed by atoms with Crippen molar-refractivity contribution in [3.8, 4) is 0 Å². The summed E-state index contributed by atoms with van der Waals surface area (Å²) in [6, 6.07) is 12.9. The van der Waals surface area contributed by atoms with E-state index in [2.05, 4.69) is 27.8 Å². The predicted molar refractivity (Wildman–Crippen MR) is 130 cm³/mol. The summed E-state index contributed by atoms with van der Waals surface area (Å²) in [7, 11) is 0. The third kappa shape index (κ3) is 6.72. The molecule has 0 saturated carbocycles. The Hall–Kier alpha value is -3.06. The van der Waals surface area contributed by atoms with Crippen LogP contribution in [0.1, 0.15) is 49.0 Å². The molecule has 1 aliphatic rings. The lowest BCUT2D eigenvalue weighted by molar-refractivity contribution is 0.0944. The van der Waals surface area contributed by atoms with Crippen molar-refractivity contribution in [2.75, 3.05) is 48.4 Å². The minimum Gasteiger partial charge on any atom is -0.382 e. The fourth-order valence-electron chi connectivity index (χ4n) is 3.76. The largest absolute Gasteiger partial charge is 0.382 e. The number of aryl methyl sites for hydroxylation is 1. The van der Waals surface area contributed by atoms with Crippen molar-refractivity contribution in [2.24, 2.45) is 0 Å². The molecule has 0 aliphatic carbocycles. The van der Waals surface area contributed by atoms with Crippen LogP contribution in [0.5, 0.6) is 0 Å². The van der Waals surface area contributed by atoms with Crippen LogP contribution in [0.2, 0.25) is 0 Å². The van der Waals surface area contributed by atoms with E-state index >= 15 is 0 Å². The summed E-state index contributed by atoms with van der Waals surface area (Å²) >= 11 is 0. The van der Waals surface area contributed by atoms with E-state index in [4.69, 9.17) is 4.74 Å². The van der Waals surface area contributed by atoms with Gasteiger partial charge in [-0.1, -0.05) is 19.1 Å². The Bertz CT molecular complexity index is 893. The van der Waals surface area contributed by atoms with Gasteiger partial charge in [-0.3, -0.25) is 4.79 Å². The molecule has 3 N–H and O–H groups in total. The minimum atomic E-state index is -0.341. The third-order valence-electron chi connectivity index (χ3n) is 5.52. The van der Waals surface area contributed by atoms with Gasteiger partial charge in [0.25, 0.3) is 5.91 Å². The average Bonchev–Trinajstić information content (AvgIpc) is 3.34. The highest BCUT2D eigenvalue weighted by Gasteiger charge is 2.20. The van der Waals surface area contributed by atoms with Gasteiger partial charge in [-0.05, 0) is 68.5 Å². The maximum absolute atomic E-state index is 12.9. The monoisotopic (exact) mass is 438 g/mol. The lowest BCUT2D eigenvalue weighted by Gasteiger charge is -2.22. The Morgan fingerprint density at radius 3 is 2.34 bits per heavy atom. The van der Waals surface area contributed by atoms with Crippen molar-refractivity contribution >= 4 is 29.0 Å².